The number of hydrogen-bond acceptors (Lipinski definition) is 5. The highest BCUT2D eigenvalue weighted by atomic mass is 16.5. The van der Waals surface area contributed by atoms with E-state index in [1.54, 1.807) is 4.90 Å². The molecule has 1 heterocycles. The maximum absolute atomic E-state index is 12.0. The molecular formula is C13H22N4O3. The van der Waals surface area contributed by atoms with Crippen molar-refractivity contribution in [1.82, 2.24) is 15.1 Å². The number of H-pyrrole nitrogens is 1. The number of nitrogens with zero attached hydrogens (tertiary/aromatic N) is 2. The maximum Gasteiger partial charge on any atom is 0.319 e. The summed E-state index contributed by atoms with van der Waals surface area (Å²) in [6, 6.07) is 0. The predicted octanol–water partition coefficient (Wildman–Crippen LogP) is 0.850. The van der Waals surface area contributed by atoms with E-state index in [0.29, 0.717) is 12.2 Å². The summed E-state index contributed by atoms with van der Waals surface area (Å²) < 4.78 is 4.63. The van der Waals surface area contributed by atoms with Crippen LogP contribution in [0.15, 0.2) is 0 Å². The van der Waals surface area contributed by atoms with Crippen molar-refractivity contribution in [1.29, 1.82) is 0 Å². The van der Waals surface area contributed by atoms with Gasteiger partial charge in [-0.15, -0.1) is 0 Å². The molecule has 0 bridgehead atoms. The second-order valence-electron chi connectivity index (χ2n) is 4.64. The average molecular weight is 282 g/mol. The van der Waals surface area contributed by atoms with E-state index in [4.69, 9.17) is 0 Å². The summed E-state index contributed by atoms with van der Waals surface area (Å²) in [6.45, 7) is 6.57. The summed E-state index contributed by atoms with van der Waals surface area (Å²) in [4.78, 5) is 25.1. The number of esters is 1. The molecule has 0 radical (unpaired) electrons. The number of amides is 1. The van der Waals surface area contributed by atoms with Crippen LogP contribution in [0.3, 0.4) is 0 Å². The smallest absolute Gasteiger partial charge is 0.319 e. The molecule has 0 atom stereocenters. The van der Waals surface area contributed by atoms with E-state index in [9.17, 15) is 9.59 Å². The van der Waals surface area contributed by atoms with Gasteiger partial charge >= 0.3 is 5.97 Å². The Morgan fingerprint density at radius 3 is 2.55 bits per heavy atom. The normalized spacial score (nSPS) is 10.7. The number of carbonyl (C=O) groups is 2. The first-order valence-corrected chi connectivity index (χ1v) is 6.58. The summed E-state index contributed by atoms with van der Waals surface area (Å²) in [5.41, 5.74) is 2.25. The zero-order valence-corrected chi connectivity index (χ0v) is 12.4. The van der Waals surface area contributed by atoms with Gasteiger partial charge in [0.05, 0.1) is 37.3 Å². The lowest BCUT2D eigenvalue weighted by atomic mass is 10.3. The summed E-state index contributed by atoms with van der Waals surface area (Å²) in [6.07, 6.45) is 0.855. The topological polar surface area (TPSA) is 87.3 Å². The minimum Gasteiger partial charge on any atom is -0.468 e. The van der Waals surface area contributed by atoms with Crippen molar-refractivity contribution >= 4 is 17.6 Å². The molecule has 2 N–H and O–H groups in total. The van der Waals surface area contributed by atoms with Crippen LogP contribution in [0.2, 0.25) is 0 Å². The number of aromatic amines is 1. The van der Waals surface area contributed by atoms with E-state index >= 15 is 0 Å². The van der Waals surface area contributed by atoms with Gasteiger partial charge < -0.3 is 10.1 Å². The Balaban J connectivity index is 2.60. The van der Waals surface area contributed by atoms with Crippen molar-refractivity contribution in [3.05, 3.63) is 11.4 Å². The van der Waals surface area contributed by atoms with Crippen LogP contribution in [-0.2, 0) is 14.3 Å². The van der Waals surface area contributed by atoms with Gasteiger partial charge in [-0.2, -0.15) is 5.10 Å². The summed E-state index contributed by atoms with van der Waals surface area (Å²) in [5, 5.41) is 9.64. The van der Waals surface area contributed by atoms with Crippen molar-refractivity contribution in [3.8, 4) is 0 Å². The molecular weight excluding hydrogens is 260 g/mol. The molecule has 7 nitrogen and oxygen atoms in total. The number of methoxy groups -OCH3 is 1. The monoisotopic (exact) mass is 282 g/mol. The van der Waals surface area contributed by atoms with Crippen LogP contribution in [0.25, 0.3) is 0 Å². The number of aryl methyl sites for hydroxylation is 2. The zero-order chi connectivity index (χ0) is 15.1. The van der Waals surface area contributed by atoms with Crippen LogP contribution in [0.5, 0.6) is 0 Å². The van der Waals surface area contributed by atoms with E-state index in [2.05, 4.69) is 20.3 Å². The molecule has 0 aliphatic heterocycles. The van der Waals surface area contributed by atoms with Gasteiger partial charge in [-0.1, -0.05) is 6.92 Å². The third-order valence-electron chi connectivity index (χ3n) is 2.88. The first-order chi connectivity index (χ1) is 9.47. The second kappa shape index (κ2) is 7.64. The Hall–Kier alpha value is -1.89. The molecule has 0 unspecified atom stereocenters. The Morgan fingerprint density at radius 2 is 2.05 bits per heavy atom. The number of hydrogen-bond donors (Lipinski definition) is 2. The Kier molecular flexibility index (Phi) is 6.17. The molecule has 1 aromatic heterocycles. The Bertz CT molecular complexity index is 451. The van der Waals surface area contributed by atoms with Crippen LogP contribution in [-0.4, -0.2) is 53.7 Å². The average Bonchev–Trinajstić information content (AvgIpc) is 2.70. The Morgan fingerprint density at radius 1 is 1.35 bits per heavy atom. The molecule has 7 heteroatoms. The zero-order valence-electron chi connectivity index (χ0n) is 12.4. The number of anilines is 1. The predicted molar refractivity (Wildman–Crippen MR) is 75.4 cm³/mol. The largest absolute Gasteiger partial charge is 0.468 e. The number of carbonyl (C=O) groups excluding carboxylic acids is 2. The molecule has 0 aliphatic rings. The van der Waals surface area contributed by atoms with Crippen LogP contribution in [0.4, 0.5) is 5.69 Å². The fraction of sp³-hybridized carbons (Fsp3) is 0.615. The van der Waals surface area contributed by atoms with E-state index in [1.165, 1.54) is 7.11 Å². The van der Waals surface area contributed by atoms with Gasteiger partial charge in [0.25, 0.3) is 0 Å². The van der Waals surface area contributed by atoms with Crippen molar-refractivity contribution in [2.45, 2.75) is 27.2 Å². The highest BCUT2D eigenvalue weighted by Crippen LogP contribution is 2.15. The molecule has 0 saturated heterocycles. The van der Waals surface area contributed by atoms with E-state index in [0.717, 1.165) is 17.8 Å². The van der Waals surface area contributed by atoms with Crippen molar-refractivity contribution in [2.75, 3.05) is 32.1 Å². The molecule has 112 valence electrons. The van der Waals surface area contributed by atoms with Crippen LogP contribution >= 0.6 is 0 Å². The third-order valence-corrected chi connectivity index (χ3v) is 2.88. The minimum absolute atomic E-state index is 0.112. The van der Waals surface area contributed by atoms with Gasteiger partial charge in [0.15, 0.2) is 0 Å². The number of aromatic nitrogens is 2. The van der Waals surface area contributed by atoms with Gasteiger partial charge in [-0.3, -0.25) is 19.6 Å². The van der Waals surface area contributed by atoms with Crippen LogP contribution in [0, 0.1) is 13.8 Å². The number of ether oxygens (including phenoxy) is 1. The van der Waals surface area contributed by atoms with Crippen LogP contribution in [0.1, 0.15) is 24.7 Å². The molecule has 0 aromatic carbocycles. The summed E-state index contributed by atoms with van der Waals surface area (Å²) in [5.74, 6) is -0.517. The molecule has 0 fully saturated rings. The highest BCUT2D eigenvalue weighted by Gasteiger charge is 2.16. The fourth-order valence-electron chi connectivity index (χ4n) is 1.89. The standard InChI is InChI=1S/C13H22N4O3/c1-5-6-17(8-12(19)20-4)7-11(18)14-13-9(2)15-16-10(13)3/h5-8H2,1-4H3,(H,14,18)(H,15,16). The molecule has 20 heavy (non-hydrogen) atoms. The van der Waals surface area contributed by atoms with Crippen molar-refractivity contribution in [2.24, 2.45) is 0 Å². The lowest BCUT2D eigenvalue weighted by molar-refractivity contribution is -0.142. The Labute approximate surface area is 118 Å². The van der Waals surface area contributed by atoms with Crippen molar-refractivity contribution in [3.63, 3.8) is 0 Å². The molecule has 1 amide bonds. The number of nitrogens with one attached hydrogen (secondary N) is 2. The quantitative estimate of drug-likeness (QED) is 0.724. The summed E-state index contributed by atoms with van der Waals surface area (Å²) in [7, 11) is 1.34. The molecule has 1 rings (SSSR count). The SMILES string of the molecule is CCCN(CC(=O)Nc1c(C)n[nH]c1C)CC(=O)OC. The molecule has 0 spiro atoms. The van der Waals surface area contributed by atoms with Gasteiger partial charge in [0.1, 0.15) is 0 Å². The molecule has 1 aromatic rings. The second-order valence-corrected chi connectivity index (χ2v) is 4.64. The van der Waals surface area contributed by atoms with Gasteiger partial charge in [-0.25, -0.2) is 0 Å². The number of rotatable bonds is 7. The van der Waals surface area contributed by atoms with Crippen molar-refractivity contribution < 1.29 is 14.3 Å². The van der Waals surface area contributed by atoms with E-state index < -0.39 is 0 Å². The lowest BCUT2D eigenvalue weighted by Crippen LogP contribution is -2.37. The van der Waals surface area contributed by atoms with Gasteiger partial charge in [0, 0.05) is 0 Å². The van der Waals surface area contributed by atoms with Crippen LogP contribution < -0.4 is 5.32 Å². The fourth-order valence-corrected chi connectivity index (χ4v) is 1.89. The van der Waals surface area contributed by atoms with Gasteiger partial charge in [0.2, 0.25) is 5.91 Å². The lowest BCUT2D eigenvalue weighted by Gasteiger charge is -2.19. The first kappa shape index (κ1) is 16.2. The maximum atomic E-state index is 12.0. The minimum atomic E-state index is -0.345. The first-order valence-electron chi connectivity index (χ1n) is 6.58. The van der Waals surface area contributed by atoms with Gasteiger partial charge in [-0.05, 0) is 26.8 Å². The molecule has 0 aliphatic carbocycles. The van der Waals surface area contributed by atoms with E-state index in [-0.39, 0.29) is 25.0 Å². The third kappa shape index (κ3) is 4.65. The summed E-state index contributed by atoms with van der Waals surface area (Å²) >= 11 is 0. The highest BCUT2D eigenvalue weighted by molar-refractivity contribution is 5.93. The van der Waals surface area contributed by atoms with E-state index in [1.807, 2.05) is 20.8 Å². The molecule has 0 saturated carbocycles.